The first-order chi connectivity index (χ1) is 9.72. The summed E-state index contributed by atoms with van der Waals surface area (Å²) >= 11 is 1.61. The molecule has 106 valence electrons. The van der Waals surface area contributed by atoms with E-state index in [4.69, 9.17) is 0 Å². The highest BCUT2D eigenvalue weighted by Crippen LogP contribution is 2.21. The largest absolute Gasteiger partial charge is 0.311 e. The Morgan fingerprint density at radius 1 is 1.35 bits per heavy atom. The van der Waals surface area contributed by atoms with E-state index in [9.17, 15) is 0 Å². The third kappa shape index (κ3) is 3.03. The predicted molar refractivity (Wildman–Crippen MR) is 80.5 cm³/mol. The highest BCUT2D eigenvalue weighted by molar-refractivity contribution is 7.13. The smallest absolute Gasteiger partial charge is 0.188 e. The molecule has 2 unspecified atom stereocenters. The second-order valence-electron chi connectivity index (χ2n) is 5.30. The van der Waals surface area contributed by atoms with E-state index in [0.717, 1.165) is 30.3 Å². The van der Waals surface area contributed by atoms with Crippen molar-refractivity contribution in [2.24, 2.45) is 0 Å². The Hall–Kier alpha value is -1.37. The van der Waals surface area contributed by atoms with Crippen molar-refractivity contribution in [1.29, 1.82) is 0 Å². The quantitative estimate of drug-likeness (QED) is 0.933. The first kappa shape index (κ1) is 13.6. The summed E-state index contributed by atoms with van der Waals surface area (Å²) < 4.78 is 0. The van der Waals surface area contributed by atoms with Crippen LogP contribution in [-0.4, -0.2) is 45.0 Å². The standard InChI is InChI=1S/C14H19N5S/c1-10-7-19(11(2)6-17-10)8-12-9-20-14(18-12)13-15-4-3-5-16-13/h3-5,9-11,17H,6-8H2,1-2H3. The third-order valence-electron chi connectivity index (χ3n) is 3.57. The van der Waals surface area contributed by atoms with Crippen LogP contribution < -0.4 is 5.32 Å². The fourth-order valence-electron chi connectivity index (χ4n) is 2.42. The zero-order chi connectivity index (χ0) is 13.9. The molecule has 0 bridgehead atoms. The van der Waals surface area contributed by atoms with Gasteiger partial charge in [0.1, 0.15) is 0 Å². The van der Waals surface area contributed by atoms with Gasteiger partial charge in [0.2, 0.25) is 0 Å². The Bertz CT molecular complexity index is 556. The molecule has 6 heteroatoms. The lowest BCUT2D eigenvalue weighted by Crippen LogP contribution is -2.53. The van der Waals surface area contributed by atoms with E-state index in [1.54, 1.807) is 23.7 Å². The summed E-state index contributed by atoms with van der Waals surface area (Å²) in [6.45, 7) is 7.49. The van der Waals surface area contributed by atoms with E-state index in [2.05, 4.69) is 44.4 Å². The Morgan fingerprint density at radius 2 is 2.15 bits per heavy atom. The summed E-state index contributed by atoms with van der Waals surface area (Å²) in [5, 5.41) is 6.51. The van der Waals surface area contributed by atoms with Crippen molar-refractivity contribution in [2.75, 3.05) is 13.1 Å². The molecule has 0 spiro atoms. The molecule has 1 fully saturated rings. The van der Waals surface area contributed by atoms with Crippen LogP contribution >= 0.6 is 11.3 Å². The summed E-state index contributed by atoms with van der Waals surface area (Å²) in [5.41, 5.74) is 1.11. The lowest BCUT2D eigenvalue weighted by atomic mass is 10.1. The lowest BCUT2D eigenvalue weighted by Gasteiger charge is -2.37. The van der Waals surface area contributed by atoms with Gasteiger partial charge in [-0.3, -0.25) is 4.90 Å². The molecule has 1 saturated heterocycles. The summed E-state index contributed by atoms with van der Waals surface area (Å²) in [6, 6.07) is 2.91. The van der Waals surface area contributed by atoms with E-state index in [-0.39, 0.29) is 0 Å². The molecule has 20 heavy (non-hydrogen) atoms. The summed E-state index contributed by atoms with van der Waals surface area (Å²) in [4.78, 5) is 15.6. The van der Waals surface area contributed by atoms with Crippen molar-refractivity contribution in [1.82, 2.24) is 25.2 Å². The average molecular weight is 289 g/mol. The number of aromatic nitrogens is 3. The van der Waals surface area contributed by atoms with Gasteiger partial charge in [-0.1, -0.05) is 0 Å². The molecule has 5 nitrogen and oxygen atoms in total. The molecular formula is C14H19N5S. The highest BCUT2D eigenvalue weighted by Gasteiger charge is 2.23. The number of hydrogen-bond donors (Lipinski definition) is 1. The second-order valence-corrected chi connectivity index (χ2v) is 6.16. The van der Waals surface area contributed by atoms with Crippen molar-refractivity contribution in [3.8, 4) is 10.8 Å². The topological polar surface area (TPSA) is 53.9 Å². The van der Waals surface area contributed by atoms with Gasteiger partial charge in [-0.05, 0) is 19.9 Å². The van der Waals surface area contributed by atoms with Gasteiger partial charge in [0.05, 0.1) is 5.69 Å². The normalized spacial score (nSPS) is 23.9. The summed E-state index contributed by atoms with van der Waals surface area (Å²) in [5.74, 6) is 0.713. The first-order valence-electron chi connectivity index (χ1n) is 6.91. The fraction of sp³-hybridized carbons (Fsp3) is 0.500. The molecule has 2 atom stereocenters. The Morgan fingerprint density at radius 3 is 2.95 bits per heavy atom. The van der Waals surface area contributed by atoms with Crippen molar-refractivity contribution >= 4 is 11.3 Å². The Balaban J connectivity index is 1.71. The van der Waals surface area contributed by atoms with Crippen molar-refractivity contribution < 1.29 is 0 Å². The molecule has 2 aromatic heterocycles. The second kappa shape index (κ2) is 5.95. The molecule has 1 aliphatic rings. The minimum absolute atomic E-state index is 0.543. The first-order valence-corrected chi connectivity index (χ1v) is 7.79. The monoisotopic (exact) mass is 289 g/mol. The number of thiazole rings is 1. The molecule has 0 aliphatic carbocycles. The van der Waals surface area contributed by atoms with Gasteiger partial charge >= 0.3 is 0 Å². The highest BCUT2D eigenvalue weighted by atomic mass is 32.1. The van der Waals surface area contributed by atoms with Gasteiger partial charge in [0, 0.05) is 49.5 Å². The molecule has 0 saturated carbocycles. The number of piperazine rings is 1. The number of hydrogen-bond acceptors (Lipinski definition) is 6. The van der Waals surface area contributed by atoms with Crippen molar-refractivity contribution in [3.05, 3.63) is 29.5 Å². The van der Waals surface area contributed by atoms with Crippen molar-refractivity contribution in [2.45, 2.75) is 32.5 Å². The van der Waals surface area contributed by atoms with E-state index in [1.807, 2.05) is 6.07 Å². The SMILES string of the molecule is CC1CN(Cc2csc(-c3ncccn3)n2)C(C)CN1. The molecular weight excluding hydrogens is 270 g/mol. The lowest BCUT2D eigenvalue weighted by molar-refractivity contribution is 0.137. The van der Waals surface area contributed by atoms with Crippen LogP contribution in [0.3, 0.4) is 0 Å². The summed E-state index contributed by atoms with van der Waals surface area (Å²) in [7, 11) is 0. The fourth-order valence-corrected chi connectivity index (χ4v) is 3.17. The van der Waals surface area contributed by atoms with Crippen LogP contribution in [0.2, 0.25) is 0 Å². The summed E-state index contributed by atoms with van der Waals surface area (Å²) in [6.07, 6.45) is 3.51. The Labute approximate surface area is 123 Å². The van der Waals surface area contributed by atoms with Gasteiger partial charge in [0.25, 0.3) is 0 Å². The number of nitrogens with zero attached hydrogens (tertiary/aromatic N) is 4. The van der Waals surface area contributed by atoms with E-state index in [0.29, 0.717) is 17.9 Å². The van der Waals surface area contributed by atoms with Crippen LogP contribution in [0.1, 0.15) is 19.5 Å². The maximum Gasteiger partial charge on any atom is 0.188 e. The van der Waals surface area contributed by atoms with Gasteiger partial charge < -0.3 is 5.32 Å². The maximum absolute atomic E-state index is 4.67. The molecule has 0 amide bonds. The average Bonchev–Trinajstić information content (AvgIpc) is 2.92. The van der Waals surface area contributed by atoms with Crippen LogP contribution in [0.5, 0.6) is 0 Å². The molecule has 3 heterocycles. The zero-order valence-corrected chi connectivity index (χ0v) is 12.6. The van der Waals surface area contributed by atoms with E-state index < -0.39 is 0 Å². The molecule has 0 aromatic carbocycles. The predicted octanol–water partition coefficient (Wildman–Crippen LogP) is 1.78. The molecule has 3 rings (SSSR count). The van der Waals surface area contributed by atoms with Crippen molar-refractivity contribution in [3.63, 3.8) is 0 Å². The van der Waals surface area contributed by atoms with Crippen LogP contribution in [0.15, 0.2) is 23.8 Å². The van der Waals surface area contributed by atoms with Gasteiger partial charge in [-0.15, -0.1) is 11.3 Å². The van der Waals surface area contributed by atoms with Gasteiger partial charge in [-0.25, -0.2) is 15.0 Å². The molecule has 1 N–H and O–H groups in total. The van der Waals surface area contributed by atoms with E-state index in [1.165, 1.54) is 0 Å². The molecule has 0 radical (unpaired) electrons. The minimum atomic E-state index is 0.543. The molecule has 1 aliphatic heterocycles. The minimum Gasteiger partial charge on any atom is -0.311 e. The zero-order valence-electron chi connectivity index (χ0n) is 11.8. The Kier molecular flexibility index (Phi) is 4.05. The molecule has 2 aromatic rings. The number of rotatable bonds is 3. The van der Waals surface area contributed by atoms with Crippen LogP contribution in [-0.2, 0) is 6.54 Å². The third-order valence-corrected chi connectivity index (χ3v) is 4.45. The van der Waals surface area contributed by atoms with Crippen LogP contribution in [0.4, 0.5) is 0 Å². The van der Waals surface area contributed by atoms with Gasteiger partial charge in [0.15, 0.2) is 10.8 Å². The maximum atomic E-state index is 4.67. The van der Waals surface area contributed by atoms with Gasteiger partial charge in [-0.2, -0.15) is 0 Å². The van der Waals surface area contributed by atoms with E-state index >= 15 is 0 Å². The van der Waals surface area contributed by atoms with Crippen LogP contribution in [0, 0.1) is 0 Å². The van der Waals surface area contributed by atoms with Crippen LogP contribution in [0.25, 0.3) is 10.8 Å². The number of nitrogens with one attached hydrogen (secondary N) is 1.